The second-order valence-electron chi connectivity index (χ2n) is 12.2. The first-order valence-corrected chi connectivity index (χ1v) is 12.5. The number of rotatable bonds is 5. The van der Waals surface area contributed by atoms with Crippen LogP contribution in [0.4, 0.5) is 0 Å². The number of hydrogen-bond donors (Lipinski definition) is 2. The van der Waals surface area contributed by atoms with Crippen LogP contribution in [0.25, 0.3) is 0 Å². The Morgan fingerprint density at radius 3 is 2.67 bits per heavy atom. The van der Waals surface area contributed by atoms with Gasteiger partial charge in [-0.05, 0) is 112 Å². The van der Waals surface area contributed by atoms with Crippen molar-refractivity contribution in [1.29, 1.82) is 0 Å². The molecule has 0 bridgehead atoms. The largest absolute Gasteiger partial charge is 0.393 e. The molecule has 3 fully saturated rings. The van der Waals surface area contributed by atoms with E-state index in [1.54, 1.807) is 5.57 Å². The van der Waals surface area contributed by atoms with Gasteiger partial charge in [-0.15, -0.1) is 0 Å². The third-order valence-corrected chi connectivity index (χ3v) is 10.1. The number of aliphatic hydroxyl groups is 1. The quantitative estimate of drug-likeness (QED) is 0.295. The molecule has 0 spiro atoms. The standard InChI is InChI=1S/C27H44O3/c1-18(7-6-14-25(2,3)30-29)22-10-11-23-21-9-8-19-17-20(28)12-15-26(19,4)24(21)13-16-27(22,23)5/h6,8,14,18,20-24,28-29H,7,9-13,15-17H2,1-5H3/b14-6+. The summed E-state index contributed by atoms with van der Waals surface area (Å²) in [6, 6.07) is 0. The lowest BCUT2D eigenvalue weighted by Crippen LogP contribution is -2.50. The Balaban J connectivity index is 1.49. The van der Waals surface area contributed by atoms with Crippen molar-refractivity contribution in [2.24, 2.45) is 40.4 Å². The van der Waals surface area contributed by atoms with Gasteiger partial charge in [0, 0.05) is 0 Å². The molecule has 8 atom stereocenters. The molecular formula is C27H44O3. The molecule has 4 aliphatic rings. The van der Waals surface area contributed by atoms with Crippen LogP contribution in [-0.4, -0.2) is 22.1 Å². The average Bonchev–Trinajstić information content (AvgIpc) is 3.05. The molecule has 0 aromatic carbocycles. The molecule has 0 amide bonds. The van der Waals surface area contributed by atoms with Gasteiger partial charge >= 0.3 is 0 Å². The molecule has 0 heterocycles. The molecule has 4 aliphatic carbocycles. The van der Waals surface area contributed by atoms with Gasteiger partial charge < -0.3 is 5.11 Å². The van der Waals surface area contributed by atoms with Gasteiger partial charge in [-0.1, -0.05) is 44.6 Å². The smallest absolute Gasteiger partial charge is 0.116 e. The molecule has 4 rings (SSSR count). The van der Waals surface area contributed by atoms with Crippen LogP contribution in [0.15, 0.2) is 23.8 Å². The minimum atomic E-state index is -0.602. The second kappa shape index (κ2) is 8.05. The Morgan fingerprint density at radius 1 is 1.17 bits per heavy atom. The van der Waals surface area contributed by atoms with E-state index in [-0.39, 0.29) is 6.10 Å². The third kappa shape index (κ3) is 3.73. The maximum atomic E-state index is 10.2. The van der Waals surface area contributed by atoms with E-state index >= 15 is 0 Å². The van der Waals surface area contributed by atoms with Crippen LogP contribution in [0.3, 0.4) is 0 Å². The average molecular weight is 417 g/mol. The maximum Gasteiger partial charge on any atom is 0.116 e. The minimum absolute atomic E-state index is 0.110. The fraction of sp³-hybridized carbons (Fsp3) is 0.852. The van der Waals surface area contributed by atoms with Crippen LogP contribution in [0.2, 0.25) is 0 Å². The minimum Gasteiger partial charge on any atom is -0.393 e. The summed E-state index contributed by atoms with van der Waals surface area (Å²) >= 11 is 0. The summed E-state index contributed by atoms with van der Waals surface area (Å²) in [4.78, 5) is 4.56. The predicted molar refractivity (Wildman–Crippen MR) is 122 cm³/mol. The zero-order valence-corrected chi connectivity index (χ0v) is 19.9. The Hall–Kier alpha value is -0.640. The number of aliphatic hydroxyl groups excluding tert-OH is 1. The molecule has 3 nitrogen and oxygen atoms in total. The van der Waals surface area contributed by atoms with Crippen molar-refractivity contribution < 1.29 is 15.3 Å². The zero-order valence-electron chi connectivity index (χ0n) is 19.9. The van der Waals surface area contributed by atoms with Crippen molar-refractivity contribution in [3.63, 3.8) is 0 Å². The van der Waals surface area contributed by atoms with E-state index < -0.39 is 5.60 Å². The van der Waals surface area contributed by atoms with Gasteiger partial charge in [0.05, 0.1) is 6.10 Å². The van der Waals surface area contributed by atoms with E-state index in [4.69, 9.17) is 5.26 Å². The van der Waals surface area contributed by atoms with Crippen molar-refractivity contribution >= 4 is 0 Å². The van der Waals surface area contributed by atoms with Crippen LogP contribution in [0.1, 0.15) is 92.4 Å². The first kappa shape index (κ1) is 22.6. The van der Waals surface area contributed by atoms with E-state index in [1.807, 2.05) is 19.9 Å². The van der Waals surface area contributed by atoms with Gasteiger partial charge in [0.2, 0.25) is 0 Å². The summed E-state index contributed by atoms with van der Waals surface area (Å²) in [5, 5.41) is 19.2. The third-order valence-electron chi connectivity index (χ3n) is 10.1. The van der Waals surface area contributed by atoms with Gasteiger partial charge in [0.1, 0.15) is 5.60 Å². The molecule has 30 heavy (non-hydrogen) atoms. The van der Waals surface area contributed by atoms with Crippen molar-refractivity contribution in [2.45, 2.75) is 104 Å². The second-order valence-corrected chi connectivity index (χ2v) is 12.2. The van der Waals surface area contributed by atoms with Crippen LogP contribution in [0, 0.1) is 40.4 Å². The van der Waals surface area contributed by atoms with Gasteiger partial charge in [-0.25, -0.2) is 4.89 Å². The lowest BCUT2D eigenvalue weighted by Gasteiger charge is -2.58. The van der Waals surface area contributed by atoms with Crippen LogP contribution >= 0.6 is 0 Å². The molecule has 0 aliphatic heterocycles. The van der Waals surface area contributed by atoms with Gasteiger partial charge in [0.15, 0.2) is 0 Å². The zero-order chi connectivity index (χ0) is 21.7. The molecule has 170 valence electrons. The fourth-order valence-corrected chi connectivity index (χ4v) is 8.38. The van der Waals surface area contributed by atoms with Gasteiger partial charge in [-0.2, -0.15) is 0 Å². The molecule has 3 saturated carbocycles. The van der Waals surface area contributed by atoms with Gasteiger partial charge in [0.25, 0.3) is 0 Å². The Labute approximate surface area is 183 Å². The highest BCUT2D eigenvalue weighted by atomic mass is 17.1. The summed E-state index contributed by atoms with van der Waals surface area (Å²) in [5.74, 6) is 3.96. The Morgan fingerprint density at radius 2 is 1.93 bits per heavy atom. The molecule has 0 radical (unpaired) electrons. The first-order valence-electron chi connectivity index (χ1n) is 12.5. The molecule has 2 N–H and O–H groups in total. The van der Waals surface area contributed by atoms with E-state index in [0.29, 0.717) is 16.7 Å². The Bertz CT molecular complexity index is 694. The van der Waals surface area contributed by atoms with Crippen molar-refractivity contribution in [3.05, 3.63) is 23.8 Å². The first-order chi connectivity index (χ1) is 14.1. The maximum absolute atomic E-state index is 10.2. The lowest BCUT2D eigenvalue weighted by atomic mass is 9.47. The highest BCUT2D eigenvalue weighted by molar-refractivity contribution is 5.25. The van der Waals surface area contributed by atoms with E-state index in [1.165, 1.54) is 38.5 Å². The number of hydrogen-bond acceptors (Lipinski definition) is 3. The predicted octanol–water partition coefficient (Wildman–Crippen LogP) is 6.78. The van der Waals surface area contributed by atoms with Crippen LogP contribution in [0.5, 0.6) is 0 Å². The molecule has 0 aromatic heterocycles. The summed E-state index contributed by atoms with van der Waals surface area (Å²) < 4.78 is 0. The van der Waals surface area contributed by atoms with Crippen LogP contribution < -0.4 is 0 Å². The number of fused-ring (bicyclic) bond motifs is 5. The van der Waals surface area contributed by atoms with E-state index in [0.717, 1.165) is 42.9 Å². The molecule has 0 aromatic rings. The van der Waals surface area contributed by atoms with Crippen LogP contribution in [-0.2, 0) is 4.89 Å². The SMILES string of the molecule is CC(C/C=C/C(C)(C)OO)C1CCC2C3CC=C4CC(O)CCC4(C)C3CCC12C. The normalized spacial score (nSPS) is 44.9. The van der Waals surface area contributed by atoms with Gasteiger partial charge in [-0.3, -0.25) is 5.26 Å². The summed E-state index contributed by atoms with van der Waals surface area (Å²) in [7, 11) is 0. The van der Waals surface area contributed by atoms with Crippen molar-refractivity contribution in [1.82, 2.24) is 0 Å². The summed E-state index contributed by atoms with van der Waals surface area (Å²) in [6.45, 7) is 11.3. The molecule has 8 unspecified atom stereocenters. The summed E-state index contributed by atoms with van der Waals surface area (Å²) in [5.41, 5.74) is 1.78. The topological polar surface area (TPSA) is 49.7 Å². The molecular weight excluding hydrogens is 372 g/mol. The van der Waals surface area contributed by atoms with Crippen molar-refractivity contribution in [2.75, 3.05) is 0 Å². The van der Waals surface area contributed by atoms with E-state index in [2.05, 4.69) is 37.8 Å². The lowest BCUT2D eigenvalue weighted by molar-refractivity contribution is -0.297. The monoisotopic (exact) mass is 416 g/mol. The van der Waals surface area contributed by atoms with E-state index in [9.17, 15) is 5.11 Å². The highest BCUT2D eigenvalue weighted by Gasteiger charge is 2.59. The molecule has 0 saturated heterocycles. The fourth-order valence-electron chi connectivity index (χ4n) is 8.38. The highest BCUT2D eigenvalue weighted by Crippen LogP contribution is 2.67. The Kier molecular flexibility index (Phi) is 6.05. The number of allylic oxidation sites excluding steroid dienone is 2. The molecule has 3 heteroatoms. The van der Waals surface area contributed by atoms with Crippen molar-refractivity contribution in [3.8, 4) is 0 Å². The summed E-state index contributed by atoms with van der Waals surface area (Å²) in [6.07, 6.45) is 17.5.